The van der Waals surface area contributed by atoms with Gasteiger partial charge >= 0.3 is 5.97 Å². The van der Waals surface area contributed by atoms with E-state index in [2.05, 4.69) is 4.98 Å². The van der Waals surface area contributed by atoms with Crippen LogP contribution in [-0.2, 0) is 15.1 Å². The number of pyridine rings is 1. The van der Waals surface area contributed by atoms with Crippen molar-refractivity contribution in [1.29, 1.82) is 0 Å². The molecule has 4 nitrogen and oxygen atoms in total. The van der Waals surface area contributed by atoms with Crippen molar-refractivity contribution < 1.29 is 14.3 Å². The highest BCUT2D eigenvalue weighted by Gasteiger charge is 2.48. The molecular weight excluding hydrogens is 230 g/mol. The molecule has 1 spiro atoms. The number of hydrogen-bond donors (Lipinski definition) is 0. The zero-order chi connectivity index (χ0) is 12.8. The number of carbonyl (C=O) groups is 2. The Bertz CT molecular complexity index is 516. The number of aromatic nitrogens is 1. The number of carbonyl (C=O) groups excluding carboxylic acids is 2. The molecule has 1 saturated carbocycles. The van der Waals surface area contributed by atoms with Crippen LogP contribution < -0.4 is 0 Å². The van der Waals surface area contributed by atoms with E-state index in [1.807, 2.05) is 0 Å². The summed E-state index contributed by atoms with van der Waals surface area (Å²) in [7, 11) is 0. The Hall–Kier alpha value is -1.71. The third-order valence-electron chi connectivity index (χ3n) is 4.19. The summed E-state index contributed by atoms with van der Waals surface area (Å²) < 4.78 is 5.60. The zero-order valence-electron chi connectivity index (χ0n) is 10.3. The molecule has 0 bridgehead atoms. The predicted octanol–water partition coefficient (Wildman–Crippen LogP) is 2.23. The van der Waals surface area contributed by atoms with Crippen molar-refractivity contribution in [3.05, 3.63) is 29.6 Å². The Morgan fingerprint density at radius 3 is 2.83 bits per heavy atom. The molecular formula is C14H15NO3. The normalized spacial score (nSPS) is 30.1. The summed E-state index contributed by atoms with van der Waals surface area (Å²) >= 11 is 0. The van der Waals surface area contributed by atoms with Gasteiger partial charge in [0, 0.05) is 23.9 Å². The van der Waals surface area contributed by atoms with Gasteiger partial charge in [0.1, 0.15) is 11.4 Å². The number of ketones is 1. The summed E-state index contributed by atoms with van der Waals surface area (Å²) in [6, 6.07) is 1.71. The van der Waals surface area contributed by atoms with Gasteiger partial charge in [-0.05, 0) is 38.7 Å². The van der Waals surface area contributed by atoms with Gasteiger partial charge in [-0.3, -0.25) is 9.78 Å². The second kappa shape index (κ2) is 3.90. The number of esters is 1. The lowest BCUT2D eigenvalue weighted by Gasteiger charge is -2.35. The number of nitrogens with zero attached hydrogens (tertiary/aromatic N) is 1. The quantitative estimate of drug-likeness (QED) is 0.712. The van der Waals surface area contributed by atoms with Crippen LogP contribution in [0.2, 0.25) is 0 Å². The highest BCUT2D eigenvalue weighted by atomic mass is 16.6. The van der Waals surface area contributed by atoms with Crippen LogP contribution in [0.25, 0.3) is 0 Å². The van der Waals surface area contributed by atoms with Crippen molar-refractivity contribution in [2.45, 2.75) is 38.2 Å². The van der Waals surface area contributed by atoms with E-state index in [4.69, 9.17) is 4.74 Å². The monoisotopic (exact) mass is 245 g/mol. The fourth-order valence-corrected chi connectivity index (χ4v) is 3.08. The van der Waals surface area contributed by atoms with Crippen molar-refractivity contribution in [1.82, 2.24) is 4.98 Å². The first kappa shape index (κ1) is 11.4. The van der Waals surface area contributed by atoms with Crippen LogP contribution in [0.3, 0.4) is 0 Å². The zero-order valence-corrected chi connectivity index (χ0v) is 10.3. The highest BCUT2D eigenvalue weighted by Crippen LogP contribution is 2.47. The van der Waals surface area contributed by atoms with Gasteiger partial charge in [-0.15, -0.1) is 0 Å². The maximum absolute atomic E-state index is 11.8. The molecule has 1 fully saturated rings. The van der Waals surface area contributed by atoms with Crippen LogP contribution in [0.5, 0.6) is 0 Å². The summed E-state index contributed by atoms with van der Waals surface area (Å²) in [5, 5.41) is 0. The third kappa shape index (κ3) is 1.55. The molecule has 1 aromatic rings. The molecule has 0 saturated heterocycles. The minimum absolute atomic E-state index is 0.120. The van der Waals surface area contributed by atoms with Crippen LogP contribution in [-0.4, -0.2) is 16.7 Å². The van der Waals surface area contributed by atoms with Crippen LogP contribution in [0.15, 0.2) is 18.5 Å². The molecule has 0 amide bonds. The fraction of sp³-hybridized carbons (Fsp3) is 0.500. The lowest BCUT2D eigenvalue weighted by atomic mass is 9.74. The maximum atomic E-state index is 11.8. The molecule has 0 aromatic carbocycles. The highest BCUT2D eigenvalue weighted by molar-refractivity contribution is 5.94. The summed E-state index contributed by atoms with van der Waals surface area (Å²) in [5.74, 6) is 0.101. The van der Waals surface area contributed by atoms with Crippen LogP contribution in [0, 0.1) is 5.92 Å². The summed E-state index contributed by atoms with van der Waals surface area (Å²) in [4.78, 5) is 27.3. The van der Waals surface area contributed by atoms with Crippen molar-refractivity contribution in [2.24, 2.45) is 5.92 Å². The lowest BCUT2D eigenvalue weighted by molar-refractivity contribution is -0.123. The van der Waals surface area contributed by atoms with Gasteiger partial charge in [-0.2, -0.15) is 0 Å². The molecule has 1 aliphatic heterocycles. The standard InChI is InChI=1S/C14H15NO3/c1-9(16)10-2-5-14(6-3-10)12-8-15-7-4-11(12)13(17)18-14/h4,7-8,10H,2-3,5-6H2,1H3. The molecule has 1 aliphatic carbocycles. The van der Waals surface area contributed by atoms with Gasteiger partial charge in [0.2, 0.25) is 0 Å². The Labute approximate surface area is 105 Å². The van der Waals surface area contributed by atoms with Crippen molar-refractivity contribution >= 4 is 11.8 Å². The molecule has 18 heavy (non-hydrogen) atoms. The number of Topliss-reactive ketones (excluding diaryl/α,β-unsaturated/α-hetero) is 1. The Kier molecular flexibility index (Phi) is 2.47. The third-order valence-corrected chi connectivity index (χ3v) is 4.19. The van der Waals surface area contributed by atoms with Gasteiger partial charge in [0.15, 0.2) is 0 Å². The number of fused-ring (bicyclic) bond motifs is 2. The van der Waals surface area contributed by atoms with E-state index in [-0.39, 0.29) is 17.7 Å². The topological polar surface area (TPSA) is 56.3 Å². The van der Waals surface area contributed by atoms with Crippen LogP contribution in [0.4, 0.5) is 0 Å². The number of rotatable bonds is 1. The van der Waals surface area contributed by atoms with Crippen LogP contribution >= 0.6 is 0 Å². The molecule has 94 valence electrons. The smallest absolute Gasteiger partial charge is 0.339 e. The summed E-state index contributed by atoms with van der Waals surface area (Å²) in [6.45, 7) is 1.64. The molecule has 0 N–H and O–H groups in total. The molecule has 0 radical (unpaired) electrons. The van der Waals surface area contributed by atoms with Gasteiger partial charge in [0.05, 0.1) is 5.56 Å². The van der Waals surface area contributed by atoms with Crippen molar-refractivity contribution in [2.75, 3.05) is 0 Å². The van der Waals surface area contributed by atoms with Crippen molar-refractivity contribution in [3.63, 3.8) is 0 Å². The molecule has 2 aliphatic rings. The van der Waals surface area contributed by atoms with Gasteiger partial charge in [-0.25, -0.2) is 4.79 Å². The van der Waals surface area contributed by atoms with E-state index in [1.54, 1.807) is 25.4 Å². The van der Waals surface area contributed by atoms with E-state index in [9.17, 15) is 9.59 Å². The average molecular weight is 245 g/mol. The lowest BCUT2D eigenvalue weighted by Crippen LogP contribution is -2.33. The largest absolute Gasteiger partial charge is 0.450 e. The minimum Gasteiger partial charge on any atom is -0.450 e. The number of ether oxygens (including phenoxy) is 1. The van der Waals surface area contributed by atoms with E-state index in [1.165, 1.54) is 0 Å². The number of hydrogen-bond acceptors (Lipinski definition) is 4. The molecule has 3 rings (SSSR count). The molecule has 0 atom stereocenters. The molecule has 2 heterocycles. The van der Waals surface area contributed by atoms with E-state index >= 15 is 0 Å². The van der Waals surface area contributed by atoms with Gasteiger partial charge < -0.3 is 4.74 Å². The molecule has 0 unspecified atom stereocenters. The van der Waals surface area contributed by atoms with E-state index in [0.29, 0.717) is 5.56 Å². The second-order valence-electron chi connectivity index (χ2n) is 5.19. The first-order chi connectivity index (χ1) is 8.62. The molecule has 4 heteroatoms. The van der Waals surface area contributed by atoms with E-state index < -0.39 is 5.60 Å². The SMILES string of the molecule is CC(=O)C1CCC2(CC1)OC(=O)c1ccncc12. The van der Waals surface area contributed by atoms with E-state index in [0.717, 1.165) is 31.2 Å². The first-order valence-electron chi connectivity index (χ1n) is 6.31. The summed E-state index contributed by atoms with van der Waals surface area (Å²) in [5.41, 5.74) is 1.01. The predicted molar refractivity (Wildman–Crippen MR) is 64.0 cm³/mol. The maximum Gasteiger partial charge on any atom is 0.339 e. The Morgan fingerprint density at radius 1 is 1.44 bits per heavy atom. The van der Waals surface area contributed by atoms with Crippen LogP contribution in [0.1, 0.15) is 48.5 Å². The van der Waals surface area contributed by atoms with Crippen molar-refractivity contribution in [3.8, 4) is 0 Å². The van der Waals surface area contributed by atoms with Gasteiger partial charge in [0.25, 0.3) is 0 Å². The molecule has 1 aromatic heterocycles. The van der Waals surface area contributed by atoms with Gasteiger partial charge in [-0.1, -0.05) is 0 Å². The minimum atomic E-state index is -0.521. The fourth-order valence-electron chi connectivity index (χ4n) is 3.08. The first-order valence-corrected chi connectivity index (χ1v) is 6.31. The second-order valence-corrected chi connectivity index (χ2v) is 5.19. The Morgan fingerprint density at radius 2 is 2.17 bits per heavy atom. The Balaban J connectivity index is 1.91. The summed E-state index contributed by atoms with van der Waals surface area (Å²) in [6.07, 6.45) is 6.37. The average Bonchev–Trinajstić information content (AvgIpc) is 2.64.